The van der Waals surface area contributed by atoms with Crippen molar-refractivity contribution in [3.05, 3.63) is 201 Å². The van der Waals surface area contributed by atoms with E-state index in [1.165, 1.54) is 86.3 Å². The zero-order chi connectivity index (χ0) is 85.1. The van der Waals surface area contributed by atoms with Crippen molar-refractivity contribution >= 4 is 59.1 Å². The van der Waals surface area contributed by atoms with E-state index in [9.17, 15) is 58.2 Å². The summed E-state index contributed by atoms with van der Waals surface area (Å²) in [4.78, 5) is 149. The van der Waals surface area contributed by atoms with E-state index in [4.69, 9.17) is 18.9 Å². The van der Waals surface area contributed by atoms with Gasteiger partial charge >= 0.3 is 23.9 Å². The Labute approximate surface area is 676 Å². The molecule has 2 N–H and O–H groups in total. The highest BCUT2D eigenvalue weighted by Gasteiger charge is 2.44. The van der Waals surface area contributed by atoms with E-state index in [2.05, 4.69) is 0 Å². The van der Waals surface area contributed by atoms with Crippen LogP contribution in [0.4, 0.5) is 0 Å². The highest BCUT2D eigenvalue weighted by atomic mass is 16.6. The van der Waals surface area contributed by atoms with Gasteiger partial charge in [0, 0.05) is 90.4 Å². The van der Waals surface area contributed by atoms with Crippen LogP contribution in [0.1, 0.15) is 137 Å². The number of ketones is 2. The number of likely N-dealkylation sites (N-methyl/N-ethyl adjacent to an activating group) is 6. The highest BCUT2D eigenvalue weighted by molar-refractivity contribution is 5.96. The second-order valence-corrected chi connectivity index (χ2v) is 31.9. The molecule has 0 radical (unpaired) electrons. The van der Waals surface area contributed by atoms with Crippen LogP contribution >= 0.6 is 0 Å². The van der Waals surface area contributed by atoms with Gasteiger partial charge in [-0.15, -0.1) is 0 Å². The molecular weight excluding hydrogens is 1450 g/mol. The largest absolute Gasteiger partial charge is 0.508 e. The number of aryl methyl sites for hydroxylation is 4. The molecule has 0 saturated heterocycles. The number of hydrogen-bond donors (Lipinski definition) is 2. The van der Waals surface area contributed by atoms with Crippen molar-refractivity contribution in [2.75, 3.05) is 70.6 Å². The van der Waals surface area contributed by atoms with E-state index in [0.29, 0.717) is 36.8 Å². The molecule has 0 fully saturated rings. The SMILES string of the molecule is CC[C@@H](C)[C@@H](OC(=O)[C@H](Cc1ccc(C)cc1)N(C)C)C(=O)C[C@@H](C(=O)N(C)[C@H](Cc1ccc(O)cc1)C(=O)N(C)[C@@H](Cc1ccc(C)cc1)C(=O)OC)C(C)C.CC[C@H](C)[C@H](OC(=O)[C@H](Cc1ccc(C)cc1)N(C)C)C(=O)C[C@H](C(=O)N(C)[C@H](Cc1ccc(O)cc1)C(=O)N(C)[C@H](Cc1ccc(C)cc1)C(=O)OC)C(C)C. The fourth-order valence-corrected chi connectivity index (χ4v) is 13.6. The molecule has 6 aromatic rings. The molecule has 0 spiro atoms. The van der Waals surface area contributed by atoms with Gasteiger partial charge in [0.25, 0.3) is 0 Å². The van der Waals surface area contributed by atoms with Crippen LogP contribution in [0.25, 0.3) is 0 Å². The number of esters is 4. The van der Waals surface area contributed by atoms with Crippen LogP contribution < -0.4 is 0 Å². The van der Waals surface area contributed by atoms with Crippen LogP contribution in [-0.2, 0) is 105 Å². The maximum Gasteiger partial charge on any atom is 0.328 e. The number of amides is 4. The van der Waals surface area contributed by atoms with E-state index in [1.54, 1.807) is 62.3 Å². The monoisotopic (exact) mass is 1570 g/mol. The lowest BCUT2D eigenvalue weighted by atomic mass is 9.85. The fraction of sp³-hybridized carbons (Fsp3) is 0.500. The highest BCUT2D eigenvalue weighted by Crippen LogP contribution is 2.30. The Morgan fingerprint density at radius 3 is 0.754 bits per heavy atom. The molecule has 4 amide bonds. The van der Waals surface area contributed by atoms with E-state index < -0.39 is 108 Å². The number of phenols is 2. The molecule has 0 aliphatic carbocycles. The van der Waals surface area contributed by atoms with E-state index >= 15 is 0 Å². The molecule has 0 aliphatic heterocycles. The van der Waals surface area contributed by atoms with Crippen LogP contribution in [-0.4, -0.2) is 218 Å². The molecule has 22 heteroatoms. The first-order chi connectivity index (χ1) is 53.7. The minimum atomic E-state index is -1.08. The average molecular weight is 1570 g/mol. The molecule has 620 valence electrons. The topological polar surface area (TPSA) is 268 Å². The first-order valence-corrected chi connectivity index (χ1v) is 39.6. The molecule has 114 heavy (non-hydrogen) atoms. The predicted octanol–water partition coefficient (Wildman–Crippen LogP) is 12.0. The summed E-state index contributed by atoms with van der Waals surface area (Å²) in [7, 11) is 15.8. The van der Waals surface area contributed by atoms with Gasteiger partial charge in [-0.1, -0.05) is 199 Å². The molecule has 6 rings (SSSR count). The maximum absolute atomic E-state index is 14.6. The number of carbonyl (C=O) groups is 10. The van der Waals surface area contributed by atoms with Crippen LogP contribution in [0.15, 0.2) is 146 Å². The molecule has 0 saturated carbocycles. The van der Waals surface area contributed by atoms with Crippen molar-refractivity contribution in [3.8, 4) is 11.5 Å². The Bertz CT molecular complexity index is 3840. The number of Topliss-reactive ketones (excluding diaryl/α,β-unsaturated/α-hetero) is 2. The summed E-state index contributed by atoms with van der Waals surface area (Å²) >= 11 is 0. The summed E-state index contributed by atoms with van der Waals surface area (Å²) in [6.07, 6.45) is -0.112. The Morgan fingerprint density at radius 2 is 0.535 bits per heavy atom. The van der Waals surface area contributed by atoms with Gasteiger partial charge in [-0.25, -0.2) is 9.59 Å². The lowest BCUT2D eigenvalue weighted by molar-refractivity contribution is -0.164. The molecule has 0 aromatic heterocycles. The minimum Gasteiger partial charge on any atom is -0.508 e. The van der Waals surface area contributed by atoms with Crippen molar-refractivity contribution in [1.82, 2.24) is 29.4 Å². The lowest BCUT2D eigenvalue weighted by Gasteiger charge is -2.36. The number of carbonyl (C=O) groups excluding carboxylic acids is 10. The van der Waals surface area contributed by atoms with Crippen LogP contribution in [0.2, 0.25) is 0 Å². The molecule has 0 aliphatic rings. The third-order valence-corrected chi connectivity index (χ3v) is 22.0. The molecule has 0 bridgehead atoms. The first-order valence-electron chi connectivity index (χ1n) is 39.6. The van der Waals surface area contributed by atoms with Gasteiger partial charge in [0.05, 0.1) is 14.2 Å². The summed E-state index contributed by atoms with van der Waals surface area (Å²) in [5.74, 6) is -7.70. The molecule has 0 heterocycles. The third kappa shape index (κ3) is 27.6. The van der Waals surface area contributed by atoms with Crippen LogP contribution in [0, 0.1) is 63.2 Å². The Morgan fingerprint density at radius 1 is 0.316 bits per heavy atom. The van der Waals surface area contributed by atoms with Gasteiger partial charge in [-0.2, -0.15) is 0 Å². The van der Waals surface area contributed by atoms with Gasteiger partial charge in [-0.3, -0.25) is 48.2 Å². The average Bonchev–Trinajstić information content (AvgIpc) is 0.812. The Balaban J connectivity index is 0.000000407. The van der Waals surface area contributed by atoms with E-state index in [1.807, 2.05) is 180 Å². The number of nitrogens with zero attached hydrogens (tertiary/aromatic N) is 6. The van der Waals surface area contributed by atoms with Crippen molar-refractivity contribution in [2.24, 2.45) is 35.5 Å². The standard InChI is InChI=1S/2C46H63N3O8/c2*1-12-32(6)42(57-46(55)39(47(7)8)26-33-17-13-30(4)14-18-33)41(51)28-37(29(2)3)43(52)48(9)38(25-35-21-23-36(50)24-22-35)44(53)49(10)40(45(54)56-11)27-34-19-15-31(5)16-20-34/h2*13-24,29,32,37-40,42,50H,12,25-28H2,1-11H3/t32-,37-,38+,39-,40+,42-;32-,37-,38-,39+,40+,42-/m01/s1. The zero-order valence-electron chi connectivity index (χ0n) is 71.3. The predicted molar refractivity (Wildman–Crippen MR) is 443 cm³/mol. The van der Waals surface area contributed by atoms with Crippen molar-refractivity contribution in [1.29, 1.82) is 0 Å². The molecular formula is C92H126N6O16. The summed E-state index contributed by atoms with van der Waals surface area (Å²) in [6.45, 7) is 22.8. The summed E-state index contributed by atoms with van der Waals surface area (Å²) in [6, 6.07) is 38.5. The third-order valence-electron chi connectivity index (χ3n) is 22.0. The molecule has 6 aromatic carbocycles. The van der Waals surface area contributed by atoms with Gasteiger partial charge in [0.15, 0.2) is 23.8 Å². The zero-order valence-corrected chi connectivity index (χ0v) is 71.3. The summed E-state index contributed by atoms with van der Waals surface area (Å²) in [5, 5.41) is 19.9. The van der Waals surface area contributed by atoms with Gasteiger partial charge < -0.3 is 48.8 Å². The Hall–Kier alpha value is -10.1. The summed E-state index contributed by atoms with van der Waals surface area (Å²) < 4.78 is 22.4. The Kier molecular flexibility index (Phi) is 37.4. The van der Waals surface area contributed by atoms with Crippen molar-refractivity contribution < 1.29 is 77.1 Å². The number of benzene rings is 6. The summed E-state index contributed by atoms with van der Waals surface area (Å²) in [5.41, 5.74) is 9.26. The fourth-order valence-electron chi connectivity index (χ4n) is 13.6. The van der Waals surface area contributed by atoms with Crippen molar-refractivity contribution in [3.63, 3.8) is 0 Å². The second kappa shape index (κ2) is 45.1. The molecule has 22 nitrogen and oxygen atoms in total. The molecule has 0 unspecified atom stereocenters. The smallest absolute Gasteiger partial charge is 0.328 e. The number of rotatable bonds is 40. The number of aromatic hydroxyl groups is 2. The first kappa shape index (κ1) is 94.5. The van der Waals surface area contributed by atoms with Crippen molar-refractivity contribution in [2.45, 2.75) is 196 Å². The normalized spacial score (nSPS) is 14.5. The lowest BCUT2D eigenvalue weighted by Crippen LogP contribution is -2.55. The van der Waals surface area contributed by atoms with E-state index in [0.717, 1.165) is 44.5 Å². The number of ether oxygens (including phenoxy) is 4. The van der Waals surface area contributed by atoms with Gasteiger partial charge in [0.1, 0.15) is 47.8 Å². The quantitative estimate of drug-likeness (QED) is 0.0267. The van der Waals surface area contributed by atoms with Gasteiger partial charge in [-0.05, 0) is 151 Å². The van der Waals surface area contributed by atoms with Crippen LogP contribution in [0.5, 0.6) is 11.5 Å². The van der Waals surface area contributed by atoms with E-state index in [-0.39, 0.29) is 85.3 Å². The number of methoxy groups -OCH3 is 2. The number of hydrogen-bond acceptors (Lipinski definition) is 18. The maximum atomic E-state index is 14.6. The second-order valence-electron chi connectivity index (χ2n) is 31.9. The minimum absolute atomic E-state index is 0.0500. The van der Waals surface area contributed by atoms with Crippen LogP contribution in [0.3, 0.4) is 0 Å². The number of phenolic OH excluding ortho intramolecular Hbond substituents is 2. The molecule has 12 atom stereocenters. The van der Waals surface area contributed by atoms with Gasteiger partial charge in [0.2, 0.25) is 23.6 Å².